The van der Waals surface area contributed by atoms with Gasteiger partial charge in [0.2, 0.25) is 10.0 Å². The highest BCUT2D eigenvalue weighted by molar-refractivity contribution is 7.89. The monoisotopic (exact) mass is 495 g/mol. The first-order valence-electron chi connectivity index (χ1n) is 10.5. The average Bonchev–Trinajstić information content (AvgIpc) is 2.83. The number of methoxy groups -OCH3 is 2. The number of hydrogen-bond acceptors (Lipinski definition) is 6. The molecule has 0 N–H and O–H groups in total. The van der Waals surface area contributed by atoms with Crippen molar-refractivity contribution in [1.29, 1.82) is 0 Å². The molecule has 0 atom stereocenters. The minimum absolute atomic E-state index is 0.0798. The molecule has 34 heavy (non-hydrogen) atoms. The second-order valence-electron chi connectivity index (χ2n) is 7.87. The standard InChI is InChI=1S/C23H24F3N3O4S/c1-32-17-7-8-20-18(14-17)21(33-2)13-16(27-20)15-28-9-11-29(12-10-28)34(30,31)22-6-4-3-5-19(22)23(24,25)26/h3-8,13-14H,9-12,15H2,1-2H3. The molecule has 182 valence electrons. The van der Waals surface area contributed by atoms with Gasteiger partial charge < -0.3 is 9.47 Å². The molecule has 4 rings (SSSR count). The lowest BCUT2D eigenvalue weighted by Crippen LogP contribution is -2.48. The van der Waals surface area contributed by atoms with Gasteiger partial charge in [0.1, 0.15) is 11.5 Å². The Morgan fingerprint density at radius 3 is 2.32 bits per heavy atom. The summed E-state index contributed by atoms with van der Waals surface area (Å²) in [4.78, 5) is 5.97. The van der Waals surface area contributed by atoms with Crippen molar-refractivity contribution in [3.63, 3.8) is 0 Å². The smallest absolute Gasteiger partial charge is 0.417 e. The Morgan fingerprint density at radius 2 is 1.68 bits per heavy atom. The molecule has 0 unspecified atom stereocenters. The van der Waals surface area contributed by atoms with Crippen LogP contribution in [0.25, 0.3) is 10.9 Å². The van der Waals surface area contributed by atoms with Crippen LogP contribution in [0.1, 0.15) is 11.3 Å². The second kappa shape index (κ2) is 9.40. The van der Waals surface area contributed by atoms with Crippen molar-refractivity contribution in [2.45, 2.75) is 17.6 Å². The maximum Gasteiger partial charge on any atom is 0.417 e. The SMILES string of the molecule is COc1ccc2nc(CN3CCN(S(=O)(=O)c4ccccc4C(F)(F)F)CC3)cc(OC)c2c1. The fourth-order valence-corrected chi connectivity index (χ4v) is 5.66. The topological polar surface area (TPSA) is 72.0 Å². The van der Waals surface area contributed by atoms with Crippen LogP contribution in [-0.2, 0) is 22.7 Å². The molecule has 0 saturated carbocycles. The van der Waals surface area contributed by atoms with Gasteiger partial charge >= 0.3 is 6.18 Å². The molecule has 1 saturated heterocycles. The summed E-state index contributed by atoms with van der Waals surface area (Å²) in [6.07, 6.45) is -4.75. The zero-order chi connectivity index (χ0) is 24.5. The number of hydrogen-bond donors (Lipinski definition) is 0. The highest BCUT2D eigenvalue weighted by Gasteiger charge is 2.39. The van der Waals surface area contributed by atoms with E-state index in [4.69, 9.17) is 9.47 Å². The predicted molar refractivity (Wildman–Crippen MR) is 120 cm³/mol. The molecule has 0 spiro atoms. The van der Waals surface area contributed by atoms with Crippen LogP contribution in [0.4, 0.5) is 13.2 Å². The predicted octanol–water partition coefficient (Wildman–Crippen LogP) is 3.78. The van der Waals surface area contributed by atoms with Crippen LogP contribution in [0.5, 0.6) is 11.5 Å². The minimum Gasteiger partial charge on any atom is -0.497 e. The normalized spacial score (nSPS) is 16.0. The van der Waals surface area contributed by atoms with E-state index in [0.717, 1.165) is 33.0 Å². The molecule has 3 aromatic rings. The number of nitrogens with zero attached hydrogens (tertiary/aromatic N) is 3. The summed E-state index contributed by atoms with van der Waals surface area (Å²) in [6.45, 7) is 1.33. The molecule has 0 radical (unpaired) electrons. The molecule has 7 nitrogen and oxygen atoms in total. The van der Waals surface area contributed by atoms with Crippen LogP contribution >= 0.6 is 0 Å². The molecule has 1 aliphatic heterocycles. The number of ether oxygens (including phenoxy) is 2. The molecule has 2 aromatic carbocycles. The lowest BCUT2D eigenvalue weighted by Gasteiger charge is -2.34. The lowest BCUT2D eigenvalue weighted by atomic mass is 10.1. The van der Waals surface area contributed by atoms with E-state index in [0.29, 0.717) is 31.1 Å². The van der Waals surface area contributed by atoms with Gasteiger partial charge in [0.25, 0.3) is 0 Å². The number of halogens is 3. The molecule has 11 heteroatoms. The maximum absolute atomic E-state index is 13.4. The number of pyridine rings is 1. The molecule has 1 aromatic heterocycles. The van der Waals surface area contributed by atoms with E-state index >= 15 is 0 Å². The molecular weight excluding hydrogens is 471 g/mol. The van der Waals surface area contributed by atoms with Gasteiger partial charge in [0.05, 0.1) is 35.9 Å². The maximum atomic E-state index is 13.4. The third-order valence-corrected chi connectivity index (χ3v) is 7.73. The van der Waals surface area contributed by atoms with Crippen molar-refractivity contribution < 1.29 is 31.1 Å². The minimum atomic E-state index is -4.75. The first kappa shape index (κ1) is 24.2. The van der Waals surface area contributed by atoms with Crippen molar-refractivity contribution in [2.24, 2.45) is 0 Å². The number of sulfonamides is 1. The van der Waals surface area contributed by atoms with E-state index in [2.05, 4.69) is 4.98 Å². The molecule has 1 aliphatic rings. The summed E-state index contributed by atoms with van der Waals surface area (Å²) in [7, 11) is -1.13. The Balaban J connectivity index is 1.49. The Hall–Kier alpha value is -2.89. The van der Waals surface area contributed by atoms with Crippen molar-refractivity contribution in [3.8, 4) is 11.5 Å². The van der Waals surface area contributed by atoms with E-state index in [1.165, 1.54) is 12.1 Å². The zero-order valence-corrected chi connectivity index (χ0v) is 19.5. The van der Waals surface area contributed by atoms with Crippen molar-refractivity contribution in [3.05, 3.63) is 59.8 Å². The van der Waals surface area contributed by atoms with Gasteiger partial charge in [-0.05, 0) is 30.3 Å². The largest absolute Gasteiger partial charge is 0.497 e. The summed E-state index contributed by atoms with van der Waals surface area (Å²) < 4.78 is 77.9. The van der Waals surface area contributed by atoms with Crippen LogP contribution in [0, 0.1) is 0 Å². The molecule has 0 amide bonds. The molecule has 0 aliphatic carbocycles. The number of piperazine rings is 1. The Kier molecular flexibility index (Phi) is 6.70. The lowest BCUT2D eigenvalue weighted by molar-refractivity contribution is -0.139. The van der Waals surface area contributed by atoms with Crippen LogP contribution < -0.4 is 9.47 Å². The van der Waals surface area contributed by atoms with Gasteiger partial charge in [-0.3, -0.25) is 9.88 Å². The van der Waals surface area contributed by atoms with E-state index in [-0.39, 0.29) is 13.1 Å². The summed E-state index contributed by atoms with van der Waals surface area (Å²) in [5.41, 5.74) is 0.329. The first-order valence-corrected chi connectivity index (χ1v) is 12.0. The van der Waals surface area contributed by atoms with E-state index in [1.54, 1.807) is 20.3 Å². The van der Waals surface area contributed by atoms with Crippen LogP contribution in [0.2, 0.25) is 0 Å². The molecule has 0 bridgehead atoms. The van der Waals surface area contributed by atoms with Gasteiger partial charge in [-0.15, -0.1) is 0 Å². The fourth-order valence-electron chi connectivity index (χ4n) is 4.02. The Morgan fingerprint density at radius 1 is 0.971 bits per heavy atom. The summed E-state index contributed by atoms with van der Waals surface area (Å²) in [5, 5.41) is 0.810. The molecular formula is C23H24F3N3O4S. The van der Waals surface area contributed by atoms with E-state index < -0.39 is 26.7 Å². The van der Waals surface area contributed by atoms with Crippen molar-refractivity contribution in [2.75, 3.05) is 40.4 Å². The Bertz CT molecular complexity index is 1290. The van der Waals surface area contributed by atoms with Crippen molar-refractivity contribution >= 4 is 20.9 Å². The summed E-state index contributed by atoms with van der Waals surface area (Å²) in [5.74, 6) is 1.33. The summed E-state index contributed by atoms with van der Waals surface area (Å²) in [6, 6.07) is 11.6. The Labute approximate surface area is 195 Å². The zero-order valence-electron chi connectivity index (χ0n) is 18.7. The van der Waals surface area contributed by atoms with Gasteiger partial charge in [-0.25, -0.2) is 8.42 Å². The number of fused-ring (bicyclic) bond motifs is 1. The molecule has 2 heterocycles. The third kappa shape index (κ3) is 4.82. The number of benzene rings is 2. The number of aromatic nitrogens is 1. The third-order valence-electron chi connectivity index (χ3n) is 5.78. The van der Waals surface area contributed by atoms with Gasteiger partial charge in [-0.1, -0.05) is 12.1 Å². The number of alkyl halides is 3. The first-order chi connectivity index (χ1) is 16.1. The van der Waals surface area contributed by atoms with Gasteiger partial charge in [-0.2, -0.15) is 17.5 Å². The van der Waals surface area contributed by atoms with E-state index in [1.807, 2.05) is 23.1 Å². The van der Waals surface area contributed by atoms with Crippen LogP contribution in [0.3, 0.4) is 0 Å². The quantitative estimate of drug-likeness (QED) is 0.519. The van der Waals surface area contributed by atoms with Crippen LogP contribution in [0.15, 0.2) is 53.4 Å². The van der Waals surface area contributed by atoms with Gasteiger partial charge in [0, 0.05) is 44.2 Å². The van der Waals surface area contributed by atoms with Gasteiger partial charge in [0.15, 0.2) is 0 Å². The van der Waals surface area contributed by atoms with Crippen molar-refractivity contribution in [1.82, 2.24) is 14.2 Å². The number of rotatable bonds is 6. The second-order valence-corrected chi connectivity index (χ2v) is 9.78. The highest BCUT2D eigenvalue weighted by atomic mass is 32.2. The van der Waals surface area contributed by atoms with Crippen LogP contribution in [-0.4, -0.2) is 63.0 Å². The molecule has 1 fully saturated rings. The average molecular weight is 496 g/mol. The highest BCUT2D eigenvalue weighted by Crippen LogP contribution is 2.35. The summed E-state index contributed by atoms with van der Waals surface area (Å²) >= 11 is 0. The fraction of sp³-hybridized carbons (Fsp3) is 0.348. The van der Waals surface area contributed by atoms with E-state index in [9.17, 15) is 21.6 Å².